The van der Waals surface area contributed by atoms with Crippen molar-refractivity contribution in [3.63, 3.8) is 0 Å². The molecule has 0 atom stereocenters. The molecule has 0 aliphatic rings. The van der Waals surface area contributed by atoms with Crippen molar-refractivity contribution >= 4 is 5.97 Å². The van der Waals surface area contributed by atoms with Gasteiger partial charge in [0.1, 0.15) is 5.54 Å². The smallest absolute Gasteiger partial charge is 0.323 e. The van der Waals surface area contributed by atoms with Gasteiger partial charge in [-0.2, -0.15) is 0 Å². The molecular formula is C13H28N2O2. The number of carboxylic acids is 1. The zero-order valence-electron chi connectivity index (χ0n) is 11.5. The van der Waals surface area contributed by atoms with E-state index in [0.29, 0.717) is 12.8 Å². The van der Waals surface area contributed by atoms with E-state index in [-0.39, 0.29) is 0 Å². The summed E-state index contributed by atoms with van der Waals surface area (Å²) in [7, 11) is 0. The van der Waals surface area contributed by atoms with Crippen molar-refractivity contribution in [2.45, 2.75) is 58.4 Å². The Hall–Kier alpha value is -0.610. The molecule has 0 aliphatic heterocycles. The average Bonchev–Trinajstić information content (AvgIpc) is 2.29. The molecule has 0 radical (unpaired) electrons. The maximum atomic E-state index is 11.4. The third kappa shape index (κ3) is 6.03. The van der Waals surface area contributed by atoms with Gasteiger partial charge in [0.15, 0.2) is 0 Å². The monoisotopic (exact) mass is 244 g/mol. The molecule has 0 unspecified atom stereocenters. The van der Waals surface area contributed by atoms with Crippen LogP contribution >= 0.6 is 0 Å². The van der Waals surface area contributed by atoms with Crippen LogP contribution in [0.15, 0.2) is 0 Å². The molecule has 0 aliphatic carbocycles. The molecule has 0 rings (SSSR count). The van der Waals surface area contributed by atoms with Crippen LogP contribution in [0, 0.1) is 0 Å². The Morgan fingerprint density at radius 2 is 1.71 bits per heavy atom. The van der Waals surface area contributed by atoms with E-state index in [1.54, 1.807) is 0 Å². The van der Waals surface area contributed by atoms with E-state index in [0.717, 1.165) is 38.9 Å². The van der Waals surface area contributed by atoms with Crippen molar-refractivity contribution in [3.8, 4) is 0 Å². The van der Waals surface area contributed by atoms with Crippen LogP contribution in [0.4, 0.5) is 0 Å². The minimum Gasteiger partial charge on any atom is -0.480 e. The fourth-order valence-corrected chi connectivity index (χ4v) is 2.16. The molecule has 0 spiro atoms. The summed E-state index contributed by atoms with van der Waals surface area (Å²) < 4.78 is 0. The van der Waals surface area contributed by atoms with E-state index < -0.39 is 11.5 Å². The summed E-state index contributed by atoms with van der Waals surface area (Å²) in [5.74, 6) is -0.704. The molecule has 4 nitrogen and oxygen atoms in total. The van der Waals surface area contributed by atoms with Gasteiger partial charge in [-0.3, -0.25) is 4.79 Å². The Morgan fingerprint density at radius 3 is 2.12 bits per heavy atom. The molecule has 17 heavy (non-hydrogen) atoms. The minimum absolute atomic E-state index is 0.704. The lowest BCUT2D eigenvalue weighted by Gasteiger charge is -2.30. The van der Waals surface area contributed by atoms with Gasteiger partial charge < -0.3 is 15.7 Å². The molecule has 3 N–H and O–H groups in total. The highest BCUT2D eigenvalue weighted by Gasteiger charge is 2.35. The van der Waals surface area contributed by atoms with Crippen LogP contribution in [0.2, 0.25) is 0 Å². The molecule has 0 amide bonds. The van der Waals surface area contributed by atoms with Gasteiger partial charge in [0.2, 0.25) is 0 Å². The van der Waals surface area contributed by atoms with Crippen LogP contribution in [-0.4, -0.2) is 36.2 Å². The molecule has 0 saturated heterocycles. The van der Waals surface area contributed by atoms with Crippen molar-refractivity contribution in [1.82, 2.24) is 10.6 Å². The molecule has 0 heterocycles. The number of carboxylic acid groups (broad SMARTS) is 1. The number of nitrogens with one attached hydrogen (secondary N) is 2. The van der Waals surface area contributed by atoms with Crippen LogP contribution in [0.3, 0.4) is 0 Å². The quantitative estimate of drug-likeness (QED) is 0.486. The molecule has 0 aromatic heterocycles. The molecule has 4 heteroatoms. The van der Waals surface area contributed by atoms with E-state index in [2.05, 4.69) is 17.6 Å². The maximum Gasteiger partial charge on any atom is 0.323 e. The third-order valence-corrected chi connectivity index (χ3v) is 3.01. The topological polar surface area (TPSA) is 61.4 Å². The molecular weight excluding hydrogens is 216 g/mol. The van der Waals surface area contributed by atoms with Gasteiger partial charge in [0.05, 0.1) is 0 Å². The lowest BCUT2D eigenvalue weighted by Crippen LogP contribution is -2.52. The first kappa shape index (κ1) is 16.4. The fourth-order valence-electron chi connectivity index (χ4n) is 2.16. The van der Waals surface area contributed by atoms with Gasteiger partial charge in [-0.15, -0.1) is 0 Å². The van der Waals surface area contributed by atoms with Crippen LogP contribution in [0.1, 0.15) is 52.9 Å². The summed E-state index contributed by atoms with van der Waals surface area (Å²) in [5, 5.41) is 15.9. The Kier molecular flexibility index (Phi) is 9.09. The largest absolute Gasteiger partial charge is 0.480 e. The highest BCUT2D eigenvalue weighted by atomic mass is 16.4. The normalized spacial score (nSPS) is 11.7. The summed E-state index contributed by atoms with van der Waals surface area (Å²) in [6.45, 7) is 8.81. The molecule has 0 saturated carbocycles. The number of hydrogen-bond acceptors (Lipinski definition) is 3. The van der Waals surface area contributed by atoms with Crippen LogP contribution in [-0.2, 0) is 4.79 Å². The molecule has 0 aromatic rings. The second-order valence-corrected chi connectivity index (χ2v) is 4.52. The van der Waals surface area contributed by atoms with E-state index in [9.17, 15) is 9.90 Å². The van der Waals surface area contributed by atoms with Crippen LogP contribution < -0.4 is 10.6 Å². The number of carbonyl (C=O) groups is 1. The predicted octanol–water partition coefficient (Wildman–Crippen LogP) is 2.00. The highest BCUT2D eigenvalue weighted by molar-refractivity contribution is 5.78. The first-order valence-electron chi connectivity index (χ1n) is 6.82. The average molecular weight is 244 g/mol. The van der Waals surface area contributed by atoms with Gasteiger partial charge in [-0.1, -0.05) is 33.6 Å². The Balaban J connectivity index is 4.20. The van der Waals surface area contributed by atoms with Crippen molar-refractivity contribution < 1.29 is 9.90 Å². The first-order chi connectivity index (χ1) is 8.13. The van der Waals surface area contributed by atoms with E-state index >= 15 is 0 Å². The zero-order valence-corrected chi connectivity index (χ0v) is 11.5. The van der Waals surface area contributed by atoms with Gasteiger partial charge in [0.25, 0.3) is 0 Å². The Bertz CT molecular complexity index is 202. The number of rotatable bonds is 11. The predicted molar refractivity (Wildman–Crippen MR) is 71.3 cm³/mol. The summed E-state index contributed by atoms with van der Waals surface area (Å²) in [5.41, 5.74) is -0.713. The maximum absolute atomic E-state index is 11.4. The van der Waals surface area contributed by atoms with Crippen LogP contribution in [0.25, 0.3) is 0 Å². The Morgan fingerprint density at radius 1 is 1.12 bits per heavy atom. The lowest BCUT2D eigenvalue weighted by atomic mass is 9.88. The number of aliphatic carboxylic acids is 1. The van der Waals surface area contributed by atoms with Crippen molar-refractivity contribution in [2.24, 2.45) is 0 Å². The molecule has 0 aromatic carbocycles. The van der Waals surface area contributed by atoms with Crippen molar-refractivity contribution in [3.05, 3.63) is 0 Å². The van der Waals surface area contributed by atoms with E-state index in [1.807, 2.05) is 13.8 Å². The van der Waals surface area contributed by atoms with Crippen molar-refractivity contribution in [1.29, 1.82) is 0 Å². The lowest BCUT2D eigenvalue weighted by molar-refractivity contribution is -0.145. The van der Waals surface area contributed by atoms with Gasteiger partial charge in [-0.05, 0) is 38.9 Å². The second kappa shape index (κ2) is 9.42. The fraction of sp³-hybridized carbons (Fsp3) is 0.923. The zero-order chi connectivity index (χ0) is 13.1. The summed E-state index contributed by atoms with van der Waals surface area (Å²) >= 11 is 0. The molecule has 0 fully saturated rings. The second-order valence-electron chi connectivity index (χ2n) is 4.52. The summed E-state index contributed by atoms with van der Waals surface area (Å²) in [4.78, 5) is 11.4. The van der Waals surface area contributed by atoms with Crippen molar-refractivity contribution in [2.75, 3.05) is 19.6 Å². The van der Waals surface area contributed by atoms with E-state index in [1.165, 1.54) is 0 Å². The third-order valence-electron chi connectivity index (χ3n) is 3.01. The first-order valence-corrected chi connectivity index (χ1v) is 6.82. The van der Waals surface area contributed by atoms with E-state index in [4.69, 9.17) is 0 Å². The molecule has 102 valence electrons. The molecule has 0 bridgehead atoms. The summed E-state index contributed by atoms with van der Waals surface area (Å²) in [6.07, 6.45) is 4.17. The minimum atomic E-state index is -0.713. The summed E-state index contributed by atoms with van der Waals surface area (Å²) in [6, 6.07) is 0. The van der Waals surface area contributed by atoms with Gasteiger partial charge in [0, 0.05) is 0 Å². The highest BCUT2D eigenvalue weighted by Crippen LogP contribution is 2.20. The number of hydrogen-bond donors (Lipinski definition) is 3. The standard InChI is InChI=1S/C13H28N2O2/c1-4-8-13(9-5-2,12(16)17)15-11-7-10-14-6-3/h14-15H,4-11H2,1-3H3,(H,16,17). The Labute approximate surface area is 105 Å². The van der Waals surface area contributed by atoms with Gasteiger partial charge in [-0.25, -0.2) is 0 Å². The SMILES string of the molecule is CCCC(CCC)(NCCCNCC)C(=O)O. The van der Waals surface area contributed by atoms with Gasteiger partial charge >= 0.3 is 5.97 Å². The van der Waals surface area contributed by atoms with Crippen LogP contribution in [0.5, 0.6) is 0 Å².